The number of carbonyl (C=O) groups is 2. The second-order valence-corrected chi connectivity index (χ2v) is 6.94. The van der Waals surface area contributed by atoms with Crippen LogP contribution in [0.5, 0.6) is 5.75 Å². The Labute approximate surface area is 153 Å². The molecule has 2 fully saturated rings. The second kappa shape index (κ2) is 8.40. The van der Waals surface area contributed by atoms with E-state index >= 15 is 0 Å². The molecule has 2 N–H and O–H groups in total. The summed E-state index contributed by atoms with van der Waals surface area (Å²) < 4.78 is 15.8. The molecule has 0 aromatic heterocycles. The van der Waals surface area contributed by atoms with Crippen molar-refractivity contribution in [2.24, 2.45) is 0 Å². The van der Waals surface area contributed by atoms with E-state index in [4.69, 9.17) is 9.47 Å². The molecule has 0 bridgehead atoms. The lowest BCUT2D eigenvalue weighted by atomic mass is 9.82. The molecule has 0 radical (unpaired) electrons. The molecule has 1 aromatic rings. The van der Waals surface area contributed by atoms with Crippen LogP contribution in [0.25, 0.3) is 0 Å². The first-order valence-corrected chi connectivity index (χ1v) is 9.10. The van der Waals surface area contributed by atoms with Gasteiger partial charge in [-0.2, -0.15) is 0 Å². The molecule has 1 saturated carbocycles. The van der Waals surface area contributed by atoms with Gasteiger partial charge in [0.05, 0.1) is 25.4 Å². The van der Waals surface area contributed by atoms with Crippen molar-refractivity contribution in [3.05, 3.63) is 24.3 Å². The second-order valence-electron chi connectivity index (χ2n) is 6.94. The number of hydrogen-bond acceptors (Lipinski definition) is 5. The third kappa shape index (κ3) is 4.88. The van der Waals surface area contributed by atoms with Crippen molar-refractivity contribution in [2.75, 3.05) is 25.6 Å². The van der Waals surface area contributed by atoms with Crippen molar-refractivity contribution < 1.29 is 23.8 Å². The highest BCUT2D eigenvalue weighted by Gasteiger charge is 2.41. The number of hydrogen-bond donors (Lipinski definition) is 2. The van der Waals surface area contributed by atoms with Crippen LogP contribution < -0.4 is 15.4 Å². The molecule has 1 heterocycles. The maximum atomic E-state index is 12.2. The van der Waals surface area contributed by atoms with Crippen LogP contribution in [-0.2, 0) is 14.3 Å². The standard InChI is InChI=1S/C19H26N2O5/c1-24-17(22)13-25-16-7-5-14(6-8-16)20-18(23)21-15-11-19(26-12-15)9-3-2-4-10-19/h5-8,15H,2-4,9-13H2,1H3,(H2,20,21,23). The lowest BCUT2D eigenvalue weighted by Gasteiger charge is -2.32. The largest absolute Gasteiger partial charge is 0.482 e. The molecule has 1 aliphatic carbocycles. The summed E-state index contributed by atoms with van der Waals surface area (Å²) in [6, 6.07) is 6.63. The number of benzene rings is 1. The number of amides is 2. The van der Waals surface area contributed by atoms with E-state index in [1.54, 1.807) is 24.3 Å². The molecule has 1 unspecified atom stereocenters. The van der Waals surface area contributed by atoms with Gasteiger partial charge >= 0.3 is 12.0 Å². The van der Waals surface area contributed by atoms with E-state index in [0.717, 1.165) is 19.3 Å². The van der Waals surface area contributed by atoms with Gasteiger partial charge in [-0.05, 0) is 43.5 Å². The van der Waals surface area contributed by atoms with Crippen LogP contribution in [0.2, 0.25) is 0 Å². The zero-order chi connectivity index (χ0) is 18.4. The molecule has 1 spiro atoms. The summed E-state index contributed by atoms with van der Waals surface area (Å²) in [5, 5.41) is 5.80. The monoisotopic (exact) mass is 362 g/mol. The summed E-state index contributed by atoms with van der Waals surface area (Å²) in [5.41, 5.74) is 0.633. The summed E-state index contributed by atoms with van der Waals surface area (Å²) in [5.74, 6) is 0.0888. The Balaban J connectivity index is 1.44. The minimum atomic E-state index is -0.443. The van der Waals surface area contributed by atoms with Crippen molar-refractivity contribution in [1.29, 1.82) is 0 Å². The smallest absolute Gasteiger partial charge is 0.343 e. The van der Waals surface area contributed by atoms with Crippen LogP contribution in [0.3, 0.4) is 0 Å². The van der Waals surface area contributed by atoms with Gasteiger partial charge in [0.2, 0.25) is 0 Å². The van der Waals surface area contributed by atoms with Crippen LogP contribution in [-0.4, -0.2) is 44.0 Å². The van der Waals surface area contributed by atoms with E-state index in [9.17, 15) is 9.59 Å². The predicted octanol–water partition coefficient (Wildman–Crippen LogP) is 2.85. The fourth-order valence-electron chi connectivity index (χ4n) is 3.67. The maximum absolute atomic E-state index is 12.2. The molecular formula is C19H26N2O5. The van der Waals surface area contributed by atoms with Crippen molar-refractivity contribution in [2.45, 2.75) is 50.2 Å². The number of carbonyl (C=O) groups excluding carboxylic acids is 2. The highest BCUT2D eigenvalue weighted by atomic mass is 16.6. The van der Waals surface area contributed by atoms with E-state index in [1.807, 2.05) is 0 Å². The number of esters is 1. The molecular weight excluding hydrogens is 336 g/mol. The third-order valence-corrected chi connectivity index (χ3v) is 5.01. The zero-order valence-corrected chi connectivity index (χ0v) is 15.1. The highest BCUT2D eigenvalue weighted by molar-refractivity contribution is 5.89. The van der Waals surface area contributed by atoms with E-state index in [0.29, 0.717) is 18.0 Å². The average Bonchev–Trinajstić information content (AvgIpc) is 3.03. The van der Waals surface area contributed by atoms with E-state index in [1.165, 1.54) is 26.4 Å². The lowest BCUT2D eigenvalue weighted by Crippen LogP contribution is -2.39. The summed E-state index contributed by atoms with van der Waals surface area (Å²) in [4.78, 5) is 23.3. The van der Waals surface area contributed by atoms with Gasteiger partial charge in [0.15, 0.2) is 6.61 Å². The topological polar surface area (TPSA) is 85.9 Å². The average molecular weight is 362 g/mol. The van der Waals surface area contributed by atoms with E-state index < -0.39 is 5.97 Å². The SMILES string of the molecule is COC(=O)COc1ccc(NC(=O)NC2COC3(CCCCC3)C2)cc1. The number of nitrogens with one attached hydrogen (secondary N) is 2. The zero-order valence-electron chi connectivity index (χ0n) is 15.1. The fourth-order valence-corrected chi connectivity index (χ4v) is 3.67. The van der Waals surface area contributed by atoms with E-state index in [-0.39, 0.29) is 24.3 Å². The summed E-state index contributed by atoms with van der Waals surface area (Å²) in [6.45, 7) is 0.431. The molecule has 1 aromatic carbocycles. The molecule has 7 nitrogen and oxygen atoms in total. The van der Waals surface area contributed by atoms with Crippen LogP contribution in [0, 0.1) is 0 Å². The number of anilines is 1. The fraction of sp³-hybridized carbons (Fsp3) is 0.579. The molecule has 3 rings (SSSR count). The Morgan fingerprint density at radius 1 is 1.19 bits per heavy atom. The molecule has 1 atom stereocenters. The van der Waals surface area contributed by atoms with E-state index in [2.05, 4.69) is 15.4 Å². The molecule has 2 aliphatic rings. The molecule has 142 valence electrons. The molecule has 2 amide bonds. The number of rotatable bonds is 5. The van der Waals surface area contributed by atoms with Crippen molar-refractivity contribution in [1.82, 2.24) is 5.32 Å². The molecule has 1 saturated heterocycles. The van der Waals surface area contributed by atoms with Gasteiger partial charge in [0.1, 0.15) is 5.75 Å². The first-order valence-electron chi connectivity index (χ1n) is 9.10. The van der Waals surface area contributed by atoms with Gasteiger partial charge < -0.3 is 24.8 Å². The summed E-state index contributed by atoms with van der Waals surface area (Å²) in [6.07, 6.45) is 6.79. The number of ether oxygens (including phenoxy) is 3. The van der Waals surface area contributed by atoms with Gasteiger partial charge in [0.25, 0.3) is 0 Å². The normalized spacial score (nSPS) is 21.2. The Morgan fingerprint density at radius 3 is 2.62 bits per heavy atom. The lowest BCUT2D eigenvalue weighted by molar-refractivity contribution is -0.142. The van der Waals surface area contributed by atoms with Gasteiger partial charge in [-0.15, -0.1) is 0 Å². The van der Waals surface area contributed by atoms with Crippen molar-refractivity contribution in [3.63, 3.8) is 0 Å². The minimum Gasteiger partial charge on any atom is -0.482 e. The van der Waals surface area contributed by atoms with Gasteiger partial charge in [-0.3, -0.25) is 0 Å². The van der Waals surface area contributed by atoms with Gasteiger partial charge in [0, 0.05) is 5.69 Å². The van der Waals surface area contributed by atoms with Crippen LogP contribution in [0.15, 0.2) is 24.3 Å². The quantitative estimate of drug-likeness (QED) is 0.787. The van der Waals surface area contributed by atoms with Crippen LogP contribution in [0.4, 0.5) is 10.5 Å². The molecule has 26 heavy (non-hydrogen) atoms. The number of methoxy groups -OCH3 is 1. The van der Waals surface area contributed by atoms with Crippen LogP contribution in [0.1, 0.15) is 38.5 Å². The minimum absolute atomic E-state index is 0.0190. The maximum Gasteiger partial charge on any atom is 0.343 e. The first kappa shape index (κ1) is 18.5. The predicted molar refractivity (Wildman–Crippen MR) is 96.3 cm³/mol. The Morgan fingerprint density at radius 2 is 1.92 bits per heavy atom. The molecule has 1 aliphatic heterocycles. The molecule has 7 heteroatoms. The number of urea groups is 1. The Bertz CT molecular complexity index is 625. The van der Waals surface area contributed by atoms with Gasteiger partial charge in [-0.25, -0.2) is 9.59 Å². The first-order chi connectivity index (χ1) is 12.6. The summed E-state index contributed by atoms with van der Waals surface area (Å²) in [7, 11) is 1.31. The van der Waals surface area contributed by atoms with Crippen LogP contribution >= 0.6 is 0 Å². The Kier molecular flexibility index (Phi) is 5.98. The highest BCUT2D eigenvalue weighted by Crippen LogP contribution is 2.39. The van der Waals surface area contributed by atoms with Gasteiger partial charge in [-0.1, -0.05) is 19.3 Å². The van der Waals surface area contributed by atoms with Crippen molar-refractivity contribution in [3.8, 4) is 5.75 Å². The van der Waals surface area contributed by atoms with Crippen molar-refractivity contribution >= 4 is 17.7 Å². The third-order valence-electron chi connectivity index (χ3n) is 5.01. The summed E-state index contributed by atoms with van der Waals surface area (Å²) >= 11 is 0. The Hall–Kier alpha value is -2.28.